The van der Waals surface area contributed by atoms with Gasteiger partial charge in [-0.25, -0.2) is 0 Å². The second-order valence-corrected chi connectivity index (χ2v) is 4.79. The minimum absolute atomic E-state index is 0.251. The zero-order chi connectivity index (χ0) is 13.8. The van der Waals surface area contributed by atoms with Gasteiger partial charge in [-0.2, -0.15) is 4.98 Å². The van der Waals surface area contributed by atoms with Gasteiger partial charge in [0.1, 0.15) is 12.0 Å². The van der Waals surface area contributed by atoms with Crippen LogP contribution in [0.25, 0.3) is 0 Å². The highest BCUT2D eigenvalue weighted by molar-refractivity contribution is 6.30. The standard InChI is InChI=1S/C14H17ClN2O2/c1-4-16-7-12-8-18-14(17-12)19-13-9(2)5-11(15)6-10(13)3/h5-6,8,16H,4,7H2,1-3H3. The van der Waals surface area contributed by atoms with Gasteiger partial charge < -0.3 is 14.5 Å². The van der Waals surface area contributed by atoms with Crippen molar-refractivity contribution < 1.29 is 9.15 Å². The number of aryl methyl sites for hydroxylation is 2. The van der Waals surface area contributed by atoms with Gasteiger partial charge in [0.15, 0.2) is 0 Å². The van der Waals surface area contributed by atoms with E-state index in [0.717, 1.165) is 29.1 Å². The average molecular weight is 281 g/mol. The van der Waals surface area contributed by atoms with Crippen LogP contribution in [-0.4, -0.2) is 11.5 Å². The topological polar surface area (TPSA) is 47.3 Å². The van der Waals surface area contributed by atoms with Crippen molar-refractivity contribution in [1.82, 2.24) is 10.3 Å². The van der Waals surface area contributed by atoms with Crippen molar-refractivity contribution in [2.24, 2.45) is 0 Å². The molecule has 0 spiro atoms. The molecular formula is C14H17ClN2O2. The molecule has 1 N–H and O–H groups in total. The van der Waals surface area contributed by atoms with Crippen LogP contribution in [-0.2, 0) is 6.54 Å². The maximum absolute atomic E-state index is 5.98. The minimum atomic E-state index is 0.251. The maximum atomic E-state index is 5.98. The summed E-state index contributed by atoms with van der Waals surface area (Å²) < 4.78 is 11.0. The van der Waals surface area contributed by atoms with E-state index < -0.39 is 0 Å². The van der Waals surface area contributed by atoms with Gasteiger partial charge in [-0.1, -0.05) is 18.5 Å². The molecule has 0 aliphatic heterocycles. The number of hydrogen-bond donors (Lipinski definition) is 1. The Hall–Kier alpha value is -1.52. The Kier molecular flexibility index (Phi) is 4.45. The molecule has 5 heteroatoms. The van der Waals surface area contributed by atoms with E-state index in [0.29, 0.717) is 11.6 Å². The van der Waals surface area contributed by atoms with Crippen LogP contribution < -0.4 is 10.1 Å². The molecule has 1 aromatic heterocycles. The van der Waals surface area contributed by atoms with E-state index in [-0.39, 0.29) is 6.08 Å². The molecule has 0 bridgehead atoms. The molecule has 0 aliphatic rings. The summed E-state index contributed by atoms with van der Waals surface area (Å²) in [7, 11) is 0. The lowest BCUT2D eigenvalue weighted by molar-refractivity contribution is 0.327. The first-order valence-corrected chi connectivity index (χ1v) is 6.57. The van der Waals surface area contributed by atoms with Crippen LogP contribution in [0.3, 0.4) is 0 Å². The molecule has 2 aromatic rings. The number of hydrogen-bond acceptors (Lipinski definition) is 4. The van der Waals surface area contributed by atoms with E-state index in [2.05, 4.69) is 10.3 Å². The lowest BCUT2D eigenvalue weighted by Crippen LogP contribution is -2.11. The van der Waals surface area contributed by atoms with Gasteiger partial charge in [0.05, 0.1) is 5.69 Å². The number of aromatic nitrogens is 1. The average Bonchev–Trinajstić information content (AvgIpc) is 2.79. The molecule has 0 amide bonds. The number of benzene rings is 1. The fourth-order valence-corrected chi connectivity index (χ4v) is 2.14. The second-order valence-electron chi connectivity index (χ2n) is 4.36. The van der Waals surface area contributed by atoms with E-state index in [9.17, 15) is 0 Å². The van der Waals surface area contributed by atoms with Gasteiger partial charge >= 0.3 is 6.08 Å². The molecule has 2 rings (SSSR count). The van der Waals surface area contributed by atoms with E-state index >= 15 is 0 Å². The van der Waals surface area contributed by atoms with Crippen molar-refractivity contribution in [3.05, 3.63) is 40.2 Å². The zero-order valence-corrected chi connectivity index (χ0v) is 12.0. The Morgan fingerprint density at radius 1 is 1.32 bits per heavy atom. The van der Waals surface area contributed by atoms with Crippen molar-refractivity contribution in [3.63, 3.8) is 0 Å². The van der Waals surface area contributed by atoms with Crippen LogP contribution in [0.2, 0.25) is 5.02 Å². The molecule has 0 saturated carbocycles. The fraction of sp³-hybridized carbons (Fsp3) is 0.357. The third kappa shape index (κ3) is 3.49. The van der Waals surface area contributed by atoms with Crippen LogP contribution >= 0.6 is 11.6 Å². The van der Waals surface area contributed by atoms with Crippen LogP contribution in [0.1, 0.15) is 23.7 Å². The van der Waals surface area contributed by atoms with Gasteiger partial charge in [-0.15, -0.1) is 0 Å². The molecule has 0 radical (unpaired) electrons. The summed E-state index contributed by atoms with van der Waals surface area (Å²) in [6, 6.07) is 3.71. The molecule has 0 fully saturated rings. The molecule has 0 aliphatic carbocycles. The smallest absolute Gasteiger partial charge is 0.399 e. The predicted molar refractivity (Wildman–Crippen MR) is 74.9 cm³/mol. The molecule has 102 valence electrons. The first-order valence-electron chi connectivity index (χ1n) is 6.20. The zero-order valence-electron chi connectivity index (χ0n) is 11.3. The van der Waals surface area contributed by atoms with Gasteiger partial charge in [-0.05, 0) is 43.7 Å². The summed E-state index contributed by atoms with van der Waals surface area (Å²) in [5.41, 5.74) is 2.73. The number of halogens is 1. The van der Waals surface area contributed by atoms with E-state index in [1.54, 1.807) is 6.26 Å². The second kappa shape index (κ2) is 6.08. The summed E-state index contributed by atoms with van der Waals surface area (Å²) in [5, 5.41) is 3.87. The Balaban J connectivity index is 2.15. The lowest BCUT2D eigenvalue weighted by atomic mass is 10.1. The predicted octanol–water partition coefficient (Wildman–Crippen LogP) is 3.85. The van der Waals surface area contributed by atoms with Crippen molar-refractivity contribution in [2.45, 2.75) is 27.3 Å². The highest BCUT2D eigenvalue weighted by Crippen LogP contribution is 2.30. The summed E-state index contributed by atoms with van der Waals surface area (Å²) in [6.07, 6.45) is 1.85. The number of oxazole rings is 1. The Morgan fingerprint density at radius 3 is 2.63 bits per heavy atom. The normalized spacial score (nSPS) is 10.7. The maximum Gasteiger partial charge on any atom is 0.399 e. The van der Waals surface area contributed by atoms with Gasteiger partial charge in [-0.3, -0.25) is 0 Å². The molecule has 0 atom stereocenters. The highest BCUT2D eigenvalue weighted by Gasteiger charge is 2.11. The SMILES string of the molecule is CCNCc1coc(Oc2c(C)cc(Cl)cc2C)n1. The van der Waals surface area contributed by atoms with Crippen LogP contribution in [0.4, 0.5) is 0 Å². The Bertz CT molecular complexity index is 543. The number of rotatable bonds is 5. The van der Waals surface area contributed by atoms with Crippen molar-refractivity contribution in [2.75, 3.05) is 6.54 Å². The Labute approximate surface area is 117 Å². The van der Waals surface area contributed by atoms with Gasteiger partial charge in [0.2, 0.25) is 0 Å². The van der Waals surface area contributed by atoms with Crippen molar-refractivity contribution >= 4 is 11.6 Å². The number of ether oxygens (including phenoxy) is 1. The van der Waals surface area contributed by atoms with E-state index in [1.807, 2.05) is 32.9 Å². The largest absolute Gasteiger partial charge is 0.417 e. The quantitative estimate of drug-likeness (QED) is 0.904. The van der Waals surface area contributed by atoms with E-state index in [4.69, 9.17) is 20.8 Å². The van der Waals surface area contributed by atoms with Gasteiger partial charge in [0.25, 0.3) is 0 Å². The third-order valence-corrected chi connectivity index (χ3v) is 2.92. The summed E-state index contributed by atoms with van der Waals surface area (Å²) >= 11 is 5.98. The molecular weight excluding hydrogens is 264 g/mol. The number of nitrogens with one attached hydrogen (secondary N) is 1. The van der Waals surface area contributed by atoms with Crippen LogP contribution in [0.5, 0.6) is 11.8 Å². The minimum Gasteiger partial charge on any atom is -0.417 e. The molecule has 4 nitrogen and oxygen atoms in total. The van der Waals surface area contributed by atoms with E-state index in [1.165, 1.54) is 0 Å². The third-order valence-electron chi connectivity index (χ3n) is 2.70. The Morgan fingerprint density at radius 2 is 2.00 bits per heavy atom. The van der Waals surface area contributed by atoms with Gasteiger partial charge in [0, 0.05) is 11.6 Å². The monoisotopic (exact) mass is 280 g/mol. The lowest BCUT2D eigenvalue weighted by Gasteiger charge is -2.08. The summed E-state index contributed by atoms with van der Waals surface area (Å²) in [6.45, 7) is 7.48. The van der Waals surface area contributed by atoms with Crippen LogP contribution in [0, 0.1) is 13.8 Å². The molecule has 0 unspecified atom stereocenters. The molecule has 1 aromatic carbocycles. The summed E-state index contributed by atoms with van der Waals surface area (Å²) in [5.74, 6) is 0.737. The highest BCUT2D eigenvalue weighted by atomic mass is 35.5. The van der Waals surface area contributed by atoms with Crippen LogP contribution in [0.15, 0.2) is 22.8 Å². The first-order chi connectivity index (χ1) is 9.10. The van der Waals surface area contributed by atoms with Crippen molar-refractivity contribution in [1.29, 1.82) is 0 Å². The summed E-state index contributed by atoms with van der Waals surface area (Å²) in [4.78, 5) is 4.26. The fourth-order valence-electron chi connectivity index (χ4n) is 1.82. The molecule has 19 heavy (non-hydrogen) atoms. The molecule has 1 heterocycles. The first kappa shape index (κ1) is 13.9. The number of nitrogens with zero attached hydrogens (tertiary/aromatic N) is 1. The molecule has 0 saturated heterocycles. The van der Waals surface area contributed by atoms with Crippen molar-refractivity contribution in [3.8, 4) is 11.8 Å².